The number of benzene rings is 1. The molecular formula is C14H16O2S. The van der Waals surface area contributed by atoms with Crippen LogP contribution >= 0.6 is 11.3 Å². The maximum Gasteiger partial charge on any atom is 0.124 e. The molecule has 90 valence electrons. The minimum absolute atomic E-state index is 0.511. The fraction of sp³-hybridized carbons (Fsp3) is 0.286. The zero-order valence-corrected chi connectivity index (χ0v) is 10.8. The first kappa shape index (κ1) is 12.1. The normalized spacial score (nSPS) is 12.4. The predicted molar refractivity (Wildman–Crippen MR) is 70.7 cm³/mol. The van der Waals surface area contributed by atoms with Crippen LogP contribution in [0.15, 0.2) is 35.7 Å². The SMILES string of the molecule is COc1ccc(C)cc1C(O)Cc1cccs1. The summed E-state index contributed by atoms with van der Waals surface area (Å²) in [5.41, 5.74) is 1.99. The Morgan fingerprint density at radius 2 is 2.18 bits per heavy atom. The van der Waals surface area contributed by atoms with Crippen LogP contribution in [0.2, 0.25) is 0 Å². The van der Waals surface area contributed by atoms with Gasteiger partial charge >= 0.3 is 0 Å². The van der Waals surface area contributed by atoms with Gasteiger partial charge in [0.05, 0.1) is 13.2 Å². The molecule has 3 heteroatoms. The summed E-state index contributed by atoms with van der Waals surface area (Å²) >= 11 is 1.66. The third kappa shape index (κ3) is 2.87. The molecule has 0 aliphatic heterocycles. The van der Waals surface area contributed by atoms with Crippen LogP contribution in [0, 0.1) is 6.92 Å². The van der Waals surface area contributed by atoms with Gasteiger partial charge in [0, 0.05) is 16.9 Å². The van der Waals surface area contributed by atoms with Gasteiger partial charge in [0.1, 0.15) is 5.75 Å². The van der Waals surface area contributed by atoms with Gasteiger partial charge in [-0.15, -0.1) is 11.3 Å². The zero-order valence-electron chi connectivity index (χ0n) is 10.0. The van der Waals surface area contributed by atoms with Crippen LogP contribution < -0.4 is 4.74 Å². The van der Waals surface area contributed by atoms with Gasteiger partial charge in [-0.25, -0.2) is 0 Å². The van der Waals surface area contributed by atoms with E-state index in [9.17, 15) is 5.11 Å². The lowest BCUT2D eigenvalue weighted by molar-refractivity contribution is 0.175. The van der Waals surface area contributed by atoms with Crippen molar-refractivity contribution < 1.29 is 9.84 Å². The van der Waals surface area contributed by atoms with Crippen LogP contribution in [0.4, 0.5) is 0 Å². The first-order valence-corrected chi connectivity index (χ1v) is 6.43. The van der Waals surface area contributed by atoms with Gasteiger partial charge in [0.25, 0.3) is 0 Å². The molecule has 0 amide bonds. The fourth-order valence-electron chi connectivity index (χ4n) is 1.84. The second-order valence-corrected chi connectivity index (χ2v) is 5.08. The van der Waals surface area contributed by atoms with E-state index in [1.54, 1.807) is 18.4 Å². The van der Waals surface area contributed by atoms with Crippen LogP contribution in [0.3, 0.4) is 0 Å². The number of hydrogen-bond donors (Lipinski definition) is 1. The van der Waals surface area contributed by atoms with Crippen LogP contribution in [-0.4, -0.2) is 12.2 Å². The molecule has 0 aliphatic carbocycles. The van der Waals surface area contributed by atoms with Crippen LogP contribution in [0.5, 0.6) is 5.75 Å². The molecule has 2 nitrogen and oxygen atoms in total. The second kappa shape index (κ2) is 5.34. The maximum atomic E-state index is 10.3. The van der Waals surface area contributed by atoms with Crippen molar-refractivity contribution in [2.45, 2.75) is 19.4 Å². The van der Waals surface area contributed by atoms with Crippen LogP contribution in [0.1, 0.15) is 22.1 Å². The van der Waals surface area contributed by atoms with Gasteiger partial charge < -0.3 is 9.84 Å². The summed E-state index contributed by atoms with van der Waals surface area (Å²) in [5.74, 6) is 0.750. The summed E-state index contributed by atoms with van der Waals surface area (Å²) in [7, 11) is 1.63. The zero-order chi connectivity index (χ0) is 12.3. The van der Waals surface area contributed by atoms with Crippen molar-refractivity contribution in [3.63, 3.8) is 0 Å². The Balaban J connectivity index is 2.23. The Kier molecular flexibility index (Phi) is 3.82. The quantitative estimate of drug-likeness (QED) is 0.899. The second-order valence-electron chi connectivity index (χ2n) is 4.04. The Bertz CT molecular complexity index is 477. The first-order valence-electron chi connectivity index (χ1n) is 5.55. The monoisotopic (exact) mass is 248 g/mol. The topological polar surface area (TPSA) is 29.5 Å². The van der Waals surface area contributed by atoms with Gasteiger partial charge in [-0.1, -0.05) is 17.7 Å². The van der Waals surface area contributed by atoms with Crippen molar-refractivity contribution in [1.82, 2.24) is 0 Å². The van der Waals surface area contributed by atoms with E-state index in [1.807, 2.05) is 42.6 Å². The molecule has 1 unspecified atom stereocenters. The number of aliphatic hydroxyl groups excluding tert-OH is 1. The molecule has 0 saturated carbocycles. The Hall–Kier alpha value is -1.32. The molecule has 2 aromatic rings. The molecule has 17 heavy (non-hydrogen) atoms. The van der Waals surface area contributed by atoms with Crippen molar-refractivity contribution in [3.8, 4) is 5.75 Å². The third-order valence-electron chi connectivity index (χ3n) is 2.72. The van der Waals surface area contributed by atoms with E-state index in [-0.39, 0.29) is 0 Å². The van der Waals surface area contributed by atoms with E-state index in [2.05, 4.69) is 0 Å². The molecule has 0 radical (unpaired) electrons. The molecule has 0 fully saturated rings. The average molecular weight is 248 g/mol. The highest BCUT2D eigenvalue weighted by molar-refractivity contribution is 7.09. The lowest BCUT2D eigenvalue weighted by atomic mass is 10.0. The molecule has 1 aromatic carbocycles. The van der Waals surface area contributed by atoms with E-state index in [0.717, 1.165) is 16.9 Å². The minimum atomic E-state index is -0.511. The lowest BCUT2D eigenvalue weighted by Crippen LogP contribution is -2.03. The summed E-state index contributed by atoms with van der Waals surface area (Å²) in [5, 5.41) is 12.3. The van der Waals surface area contributed by atoms with Gasteiger partial charge in [0.15, 0.2) is 0 Å². The standard InChI is InChI=1S/C14H16O2S/c1-10-5-6-14(16-2)12(8-10)13(15)9-11-4-3-7-17-11/h3-8,13,15H,9H2,1-2H3. The molecule has 1 N–H and O–H groups in total. The third-order valence-corrected chi connectivity index (χ3v) is 3.62. The van der Waals surface area contributed by atoms with E-state index >= 15 is 0 Å². The first-order chi connectivity index (χ1) is 8.20. The molecule has 0 aliphatic rings. The van der Waals surface area contributed by atoms with E-state index in [1.165, 1.54) is 4.88 Å². The molecule has 0 saturated heterocycles. The Morgan fingerprint density at radius 3 is 2.82 bits per heavy atom. The smallest absolute Gasteiger partial charge is 0.124 e. The average Bonchev–Trinajstić information content (AvgIpc) is 2.81. The molecule has 2 rings (SSSR count). The summed E-state index contributed by atoms with van der Waals surface area (Å²) in [4.78, 5) is 1.18. The number of ether oxygens (including phenoxy) is 1. The largest absolute Gasteiger partial charge is 0.496 e. The highest BCUT2D eigenvalue weighted by atomic mass is 32.1. The van der Waals surface area contributed by atoms with E-state index < -0.39 is 6.10 Å². The Morgan fingerprint density at radius 1 is 1.35 bits per heavy atom. The van der Waals surface area contributed by atoms with Crippen molar-refractivity contribution in [3.05, 3.63) is 51.7 Å². The number of thiophene rings is 1. The summed E-state index contributed by atoms with van der Waals surface area (Å²) in [6, 6.07) is 9.91. The summed E-state index contributed by atoms with van der Waals surface area (Å²) in [6.07, 6.45) is 0.126. The number of rotatable bonds is 4. The summed E-state index contributed by atoms with van der Waals surface area (Å²) < 4.78 is 5.28. The van der Waals surface area contributed by atoms with Crippen LogP contribution in [0.25, 0.3) is 0 Å². The number of aliphatic hydroxyl groups is 1. The van der Waals surface area contributed by atoms with Gasteiger partial charge in [-0.2, -0.15) is 0 Å². The van der Waals surface area contributed by atoms with Crippen molar-refractivity contribution in [1.29, 1.82) is 0 Å². The molecule has 0 bridgehead atoms. The number of methoxy groups -OCH3 is 1. The highest BCUT2D eigenvalue weighted by Crippen LogP contribution is 2.29. The Labute approximate surface area is 105 Å². The molecule has 1 heterocycles. The predicted octanol–water partition coefficient (Wildman–Crippen LogP) is 3.34. The lowest BCUT2D eigenvalue weighted by Gasteiger charge is -2.14. The molecular weight excluding hydrogens is 232 g/mol. The van der Waals surface area contributed by atoms with Crippen molar-refractivity contribution in [2.75, 3.05) is 7.11 Å². The minimum Gasteiger partial charge on any atom is -0.496 e. The van der Waals surface area contributed by atoms with Crippen molar-refractivity contribution >= 4 is 11.3 Å². The number of hydrogen-bond acceptors (Lipinski definition) is 3. The fourth-order valence-corrected chi connectivity index (χ4v) is 2.59. The maximum absolute atomic E-state index is 10.3. The van der Waals surface area contributed by atoms with Crippen molar-refractivity contribution in [2.24, 2.45) is 0 Å². The van der Waals surface area contributed by atoms with E-state index in [0.29, 0.717) is 6.42 Å². The van der Waals surface area contributed by atoms with E-state index in [4.69, 9.17) is 4.74 Å². The molecule has 0 spiro atoms. The van der Waals surface area contributed by atoms with Gasteiger partial charge in [-0.05, 0) is 30.5 Å². The molecule has 1 atom stereocenters. The van der Waals surface area contributed by atoms with Crippen LogP contribution in [-0.2, 0) is 6.42 Å². The van der Waals surface area contributed by atoms with Gasteiger partial charge in [0.2, 0.25) is 0 Å². The summed E-state index contributed by atoms with van der Waals surface area (Å²) in [6.45, 7) is 2.01. The highest BCUT2D eigenvalue weighted by Gasteiger charge is 2.14. The number of aryl methyl sites for hydroxylation is 1. The van der Waals surface area contributed by atoms with Gasteiger partial charge in [-0.3, -0.25) is 0 Å². The molecule has 1 aromatic heterocycles.